The van der Waals surface area contributed by atoms with Crippen molar-refractivity contribution in [2.24, 2.45) is 0 Å². The van der Waals surface area contributed by atoms with E-state index in [1.54, 1.807) is 0 Å². The average Bonchev–Trinajstić information content (AvgIpc) is 2.40. The molecule has 0 aliphatic carbocycles. The highest BCUT2D eigenvalue weighted by atomic mass is 16.4. The lowest BCUT2D eigenvalue weighted by atomic mass is 9.97. The molecule has 3 heteroatoms. The zero-order valence-electron chi connectivity index (χ0n) is 11.8. The van der Waals surface area contributed by atoms with Crippen LogP contribution in [0.1, 0.15) is 56.2 Å². The van der Waals surface area contributed by atoms with Crippen LogP contribution in [0.25, 0.3) is 0 Å². The van der Waals surface area contributed by atoms with Gasteiger partial charge in [0.1, 0.15) is 6.04 Å². The van der Waals surface area contributed by atoms with Gasteiger partial charge in [0.05, 0.1) is 0 Å². The van der Waals surface area contributed by atoms with E-state index in [2.05, 4.69) is 30.9 Å². The molecule has 2 rings (SSSR count). The third-order valence-electron chi connectivity index (χ3n) is 3.91. The minimum absolute atomic E-state index is 0.479. The van der Waals surface area contributed by atoms with Crippen LogP contribution >= 0.6 is 0 Å². The third-order valence-corrected chi connectivity index (χ3v) is 3.91. The summed E-state index contributed by atoms with van der Waals surface area (Å²) in [4.78, 5) is 13.7. The van der Waals surface area contributed by atoms with E-state index in [0.717, 1.165) is 31.5 Å². The van der Waals surface area contributed by atoms with Crippen LogP contribution in [-0.2, 0) is 4.79 Å². The highest BCUT2D eigenvalue weighted by molar-refractivity contribution is 5.75. The van der Waals surface area contributed by atoms with E-state index in [1.807, 2.05) is 12.1 Å². The average molecular weight is 261 g/mol. The molecule has 1 saturated heterocycles. The number of nitrogens with zero attached hydrogens (tertiary/aromatic N) is 1. The van der Waals surface area contributed by atoms with Crippen molar-refractivity contribution >= 4 is 5.97 Å². The van der Waals surface area contributed by atoms with Gasteiger partial charge in [-0.05, 0) is 43.0 Å². The van der Waals surface area contributed by atoms with E-state index in [-0.39, 0.29) is 0 Å². The highest BCUT2D eigenvalue weighted by Gasteiger charge is 2.28. The van der Waals surface area contributed by atoms with Crippen molar-refractivity contribution in [3.05, 3.63) is 35.4 Å². The molecule has 0 saturated carbocycles. The smallest absolute Gasteiger partial charge is 0.325 e. The molecule has 0 radical (unpaired) electrons. The molecule has 1 fully saturated rings. The molecule has 0 unspecified atom stereocenters. The first-order valence-electron chi connectivity index (χ1n) is 7.16. The van der Waals surface area contributed by atoms with Gasteiger partial charge >= 0.3 is 5.97 Å². The summed E-state index contributed by atoms with van der Waals surface area (Å²) in [5.74, 6) is -0.258. The first-order valence-corrected chi connectivity index (χ1v) is 7.16. The first-order chi connectivity index (χ1) is 9.09. The van der Waals surface area contributed by atoms with Gasteiger partial charge in [-0.2, -0.15) is 0 Å². The Bertz CT molecular complexity index is 419. The van der Waals surface area contributed by atoms with Gasteiger partial charge in [0.15, 0.2) is 0 Å². The fourth-order valence-electron chi connectivity index (χ4n) is 2.75. The fourth-order valence-corrected chi connectivity index (χ4v) is 2.75. The van der Waals surface area contributed by atoms with Gasteiger partial charge in [0.2, 0.25) is 0 Å². The molecule has 0 aromatic heterocycles. The van der Waals surface area contributed by atoms with Crippen molar-refractivity contribution in [1.29, 1.82) is 0 Å². The van der Waals surface area contributed by atoms with Gasteiger partial charge in [-0.3, -0.25) is 9.69 Å². The van der Waals surface area contributed by atoms with Crippen molar-refractivity contribution in [3.8, 4) is 0 Å². The van der Waals surface area contributed by atoms with Gasteiger partial charge in [-0.15, -0.1) is 0 Å². The highest BCUT2D eigenvalue weighted by Crippen LogP contribution is 2.26. The maximum Gasteiger partial charge on any atom is 0.325 e. The van der Waals surface area contributed by atoms with Crippen LogP contribution in [-0.4, -0.2) is 29.1 Å². The van der Waals surface area contributed by atoms with Crippen molar-refractivity contribution in [1.82, 2.24) is 4.90 Å². The number of hydrogen-bond acceptors (Lipinski definition) is 2. The molecular weight excluding hydrogens is 238 g/mol. The summed E-state index contributed by atoms with van der Waals surface area (Å²) in [6.45, 7) is 6.08. The molecule has 0 spiro atoms. The zero-order valence-corrected chi connectivity index (χ0v) is 11.8. The molecule has 1 aromatic carbocycles. The molecule has 104 valence electrons. The summed E-state index contributed by atoms with van der Waals surface area (Å²) >= 11 is 0. The van der Waals surface area contributed by atoms with Crippen molar-refractivity contribution < 1.29 is 9.90 Å². The Balaban J connectivity index is 2.20. The quantitative estimate of drug-likeness (QED) is 0.902. The standard InChI is InChI=1S/C16H23NO2/c1-12(2)13-6-8-14(9-7-13)15(16(18)19)17-10-4-3-5-11-17/h6-9,12,15H,3-5,10-11H2,1-2H3,(H,18,19)/t15-/m0/s1. The normalized spacial score (nSPS) is 18.5. The summed E-state index contributed by atoms with van der Waals surface area (Å²) in [6, 6.07) is 7.58. The number of aliphatic carboxylic acids is 1. The van der Waals surface area contributed by atoms with E-state index in [0.29, 0.717) is 5.92 Å². The summed E-state index contributed by atoms with van der Waals surface area (Å²) in [6.07, 6.45) is 3.43. The van der Waals surface area contributed by atoms with Crippen molar-refractivity contribution in [3.63, 3.8) is 0 Å². The minimum Gasteiger partial charge on any atom is -0.480 e. The Kier molecular flexibility index (Phi) is 4.59. The van der Waals surface area contributed by atoms with E-state index < -0.39 is 12.0 Å². The van der Waals surface area contributed by atoms with Crippen LogP contribution in [0.2, 0.25) is 0 Å². The predicted octanol–water partition coefficient (Wildman–Crippen LogP) is 3.42. The number of benzene rings is 1. The molecule has 19 heavy (non-hydrogen) atoms. The van der Waals surface area contributed by atoms with Crippen LogP contribution in [0, 0.1) is 0 Å². The Hall–Kier alpha value is -1.35. The van der Waals surface area contributed by atoms with Gasteiger partial charge in [-0.1, -0.05) is 44.5 Å². The van der Waals surface area contributed by atoms with Crippen molar-refractivity contribution in [2.45, 2.75) is 45.1 Å². The van der Waals surface area contributed by atoms with E-state index in [4.69, 9.17) is 0 Å². The molecule has 3 nitrogen and oxygen atoms in total. The molecular formula is C16H23NO2. The second-order valence-electron chi connectivity index (χ2n) is 5.66. The van der Waals surface area contributed by atoms with E-state index in [9.17, 15) is 9.90 Å². The number of carbonyl (C=O) groups is 1. The number of hydrogen-bond donors (Lipinski definition) is 1. The zero-order chi connectivity index (χ0) is 13.8. The minimum atomic E-state index is -0.737. The monoisotopic (exact) mass is 261 g/mol. The second-order valence-corrected chi connectivity index (χ2v) is 5.66. The van der Waals surface area contributed by atoms with E-state index >= 15 is 0 Å². The maximum absolute atomic E-state index is 11.6. The lowest BCUT2D eigenvalue weighted by molar-refractivity contribution is -0.144. The number of likely N-dealkylation sites (tertiary alicyclic amines) is 1. The largest absolute Gasteiger partial charge is 0.480 e. The van der Waals surface area contributed by atoms with E-state index in [1.165, 1.54) is 12.0 Å². The van der Waals surface area contributed by atoms with Crippen molar-refractivity contribution in [2.75, 3.05) is 13.1 Å². The number of rotatable bonds is 4. The maximum atomic E-state index is 11.6. The summed E-state index contributed by atoms with van der Waals surface area (Å²) in [5.41, 5.74) is 2.16. The Labute approximate surface area is 115 Å². The SMILES string of the molecule is CC(C)c1ccc([C@@H](C(=O)O)N2CCCCC2)cc1. The summed E-state index contributed by atoms with van der Waals surface area (Å²) < 4.78 is 0. The van der Waals surface area contributed by atoms with Crippen LogP contribution < -0.4 is 0 Å². The Morgan fingerprint density at radius 1 is 1.05 bits per heavy atom. The number of carboxylic acids is 1. The topological polar surface area (TPSA) is 40.5 Å². The molecule has 1 N–H and O–H groups in total. The first kappa shape index (κ1) is 14.1. The Morgan fingerprint density at radius 2 is 1.58 bits per heavy atom. The van der Waals surface area contributed by atoms with Crippen LogP contribution in [0.4, 0.5) is 0 Å². The molecule has 1 atom stereocenters. The summed E-state index contributed by atoms with van der Waals surface area (Å²) in [5, 5.41) is 9.52. The van der Waals surface area contributed by atoms with Gasteiger partial charge in [0, 0.05) is 0 Å². The Morgan fingerprint density at radius 3 is 2.05 bits per heavy atom. The fraction of sp³-hybridized carbons (Fsp3) is 0.562. The number of piperidine rings is 1. The molecule has 0 bridgehead atoms. The molecule has 0 amide bonds. The molecule has 1 heterocycles. The van der Waals surface area contributed by atoms with Crippen LogP contribution in [0.5, 0.6) is 0 Å². The van der Waals surface area contributed by atoms with Gasteiger partial charge in [0.25, 0.3) is 0 Å². The lowest BCUT2D eigenvalue weighted by Gasteiger charge is -2.32. The molecule has 1 aromatic rings. The van der Waals surface area contributed by atoms with Gasteiger partial charge < -0.3 is 5.11 Å². The van der Waals surface area contributed by atoms with Crippen LogP contribution in [0.15, 0.2) is 24.3 Å². The summed E-state index contributed by atoms with van der Waals surface area (Å²) in [7, 11) is 0. The number of carboxylic acid groups (broad SMARTS) is 1. The predicted molar refractivity (Wildman–Crippen MR) is 76.3 cm³/mol. The second kappa shape index (κ2) is 6.20. The van der Waals surface area contributed by atoms with Gasteiger partial charge in [-0.25, -0.2) is 0 Å². The molecule has 1 aliphatic rings. The molecule has 1 aliphatic heterocycles. The third kappa shape index (κ3) is 3.35. The van der Waals surface area contributed by atoms with Crippen LogP contribution in [0.3, 0.4) is 0 Å². The lowest BCUT2D eigenvalue weighted by Crippen LogP contribution is -2.37.